The average Bonchev–Trinajstić information content (AvgIpc) is 2.48. The van der Waals surface area contributed by atoms with Gasteiger partial charge in [0.25, 0.3) is 0 Å². The van der Waals surface area contributed by atoms with Crippen molar-refractivity contribution in [3.8, 4) is 5.75 Å². The fourth-order valence-corrected chi connectivity index (χ4v) is 2.14. The number of methoxy groups -OCH3 is 1. The van der Waals surface area contributed by atoms with E-state index in [1.54, 1.807) is 7.11 Å². The molecule has 0 saturated heterocycles. The highest BCUT2D eigenvalue weighted by Gasteiger charge is 2.11. The Morgan fingerprint density at radius 2 is 2.05 bits per heavy atom. The first-order chi connectivity index (χ1) is 9.63. The van der Waals surface area contributed by atoms with Gasteiger partial charge in [-0.3, -0.25) is 4.98 Å². The maximum Gasteiger partial charge on any atom is 0.122 e. The molecule has 3 nitrogen and oxygen atoms in total. The molecule has 1 unspecified atom stereocenters. The Bertz CT molecular complexity index is 564. The van der Waals surface area contributed by atoms with E-state index in [-0.39, 0.29) is 0 Å². The van der Waals surface area contributed by atoms with E-state index < -0.39 is 6.10 Å². The molecule has 1 aromatic heterocycles. The van der Waals surface area contributed by atoms with Crippen LogP contribution in [0.3, 0.4) is 0 Å². The van der Waals surface area contributed by atoms with Gasteiger partial charge >= 0.3 is 0 Å². The van der Waals surface area contributed by atoms with Gasteiger partial charge in [0, 0.05) is 18.3 Å². The van der Waals surface area contributed by atoms with Crippen LogP contribution in [0, 0.1) is 6.92 Å². The van der Waals surface area contributed by atoms with Gasteiger partial charge in [-0.2, -0.15) is 0 Å². The number of nitrogens with zero attached hydrogens (tertiary/aromatic N) is 1. The predicted molar refractivity (Wildman–Crippen MR) is 80.0 cm³/mol. The minimum atomic E-state index is -0.565. The summed E-state index contributed by atoms with van der Waals surface area (Å²) >= 11 is 0. The van der Waals surface area contributed by atoms with Crippen LogP contribution in [0.5, 0.6) is 5.75 Å². The zero-order valence-corrected chi connectivity index (χ0v) is 12.3. The highest BCUT2D eigenvalue weighted by Crippen LogP contribution is 2.25. The lowest BCUT2D eigenvalue weighted by molar-refractivity contribution is 0.177. The highest BCUT2D eigenvalue weighted by molar-refractivity contribution is 5.37. The molecule has 1 N–H and O–H groups in total. The molecule has 106 valence electrons. The van der Waals surface area contributed by atoms with Crippen LogP contribution in [0.4, 0.5) is 0 Å². The Morgan fingerprint density at radius 3 is 2.65 bits per heavy atom. The van der Waals surface area contributed by atoms with Gasteiger partial charge in [0.15, 0.2) is 0 Å². The topological polar surface area (TPSA) is 42.4 Å². The largest absolute Gasteiger partial charge is 0.496 e. The van der Waals surface area contributed by atoms with E-state index in [0.717, 1.165) is 29.0 Å². The minimum absolute atomic E-state index is 0.510. The van der Waals surface area contributed by atoms with Crippen LogP contribution in [0.25, 0.3) is 0 Å². The second kappa shape index (κ2) is 6.53. The summed E-state index contributed by atoms with van der Waals surface area (Å²) in [4.78, 5) is 4.38. The molecular weight excluding hydrogens is 250 g/mol. The second-order valence-electron chi connectivity index (χ2n) is 4.96. The molecule has 0 radical (unpaired) electrons. The molecule has 0 aliphatic carbocycles. The Labute approximate surface area is 120 Å². The maximum atomic E-state index is 10.3. The first-order valence-corrected chi connectivity index (χ1v) is 6.90. The molecule has 0 aliphatic heterocycles. The Kier molecular flexibility index (Phi) is 4.74. The van der Waals surface area contributed by atoms with Crippen molar-refractivity contribution >= 4 is 0 Å². The molecule has 0 amide bonds. The van der Waals surface area contributed by atoms with Crippen LogP contribution in [0.2, 0.25) is 0 Å². The third-order valence-corrected chi connectivity index (χ3v) is 3.51. The van der Waals surface area contributed by atoms with Crippen molar-refractivity contribution < 1.29 is 9.84 Å². The molecule has 1 aromatic carbocycles. The van der Waals surface area contributed by atoms with Crippen molar-refractivity contribution in [3.05, 3.63) is 58.9 Å². The van der Waals surface area contributed by atoms with E-state index >= 15 is 0 Å². The summed E-state index contributed by atoms with van der Waals surface area (Å²) in [5.41, 5.74) is 4.03. The van der Waals surface area contributed by atoms with Gasteiger partial charge in [-0.1, -0.05) is 25.1 Å². The van der Waals surface area contributed by atoms with E-state index in [2.05, 4.69) is 18.0 Å². The average molecular weight is 271 g/mol. The van der Waals surface area contributed by atoms with Gasteiger partial charge in [-0.05, 0) is 42.2 Å². The van der Waals surface area contributed by atoms with Gasteiger partial charge in [0.1, 0.15) is 5.75 Å². The number of hydrogen-bond donors (Lipinski definition) is 1. The molecule has 2 rings (SSSR count). The molecule has 1 atom stereocenters. The lowest BCUT2D eigenvalue weighted by Crippen LogP contribution is -2.04. The smallest absolute Gasteiger partial charge is 0.122 e. The number of aryl methyl sites for hydroxylation is 2. The Morgan fingerprint density at radius 1 is 1.25 bits per heavy atom. The fraction of sp³-hybridized carbons (Fsp3) is 0.353. The van der Waals surface area contributed by atoms with E-state index in [1.807, 2.05) is 37.4 Å². The van der Waals surface area contributed by atoms with Crippen molar-refractivity contribution in [2.24, 2.45) is 0 Å². The van der Waals surface area contributed by atoms with Gasteiger partial charge < -0.3 is 9.84 Å². The van der Waals surface area contributed by atoms with Gasteiger partial charge in [-0.15, -0.1) is 0 Å². The summed E-state index contributed by atoms with van der Waals surface area (Å²) < 4.78 is 5.29. The number of aliphatic hydroxyl groups is 1. The van der Waals surface area contributed by atoms with E-state index in [4.69, 9.17) is 4.74 Å². The van der Waals surface area contributed by atoms with Gasteiger partial charge in [0.05, 0.1) is 13.2 Å². The number of ether oxygens (including phenoxy) is 1. The maximum absolute atomic E-state index is 10.3. The predicted octanol–water partition coefficient (Wildman–Crippen LogP) is 3.24. The van der Waals surface area contributed by atoms with Crippen LogP contribution in [-0.2, 0) is 12.8 Å². The summed E-state index contributed by atoms with van der Waals surface area (Å²) in [6.45, 7) is 4.09. The normalized spacial score (nSPS) is 12.2. The summed E-state index contributed by atoms with van der Waals surface area (Å²) in [6, 6.07) is 9.83. The summed E-state index contributed by atoms with van der Waals surface area (Å²) in [6.07, 6.45) is 2.79. The van der Waals surface area contributed by atoms with Crippen molar-refractivity contribution in [1.29, 1.82) is 0 Å². The van der Waals surface area contributed by atoms with Crippen LogP contribution in [-0.4, -0.2) is 17.2 Å². The number of aliphatic hydroxyl groups excluding tert-OH is 1. The number of hydrogen-bond acceptors (Lipinski definition) is 3. The molecule has 2 aromatic rings. The summed E-state index contributed by atoms with van der Waals surface area (Å²) in [5.74, 6) is 0.802. The second-order valence-corrected chi connectivity index (χ2v) is 4.96. The van der Waals surface area contributed by atoms with Gasteiger partial charge in [0.2, 0.25) is 0 Å². The first-order valence-electron chi connectivity index (χ1n) is 6.90. The van der Waals surface area contributed by atoms with Crippen LogP contribution in [0.15, 0.2) is 36.5 Å². The zero-order valence-electron chi connectivity index (χ0n) is 12.3. The number of pyridine rings is 1. The lowest BCUT2D eigenvalue weighted by Gasteiger charge is -2.13. The van der Waals surface area contributed by atoms with Crippen molar-refractivity contribution in [2.45, 2.75) is 32.8 Å². The minimum Gasteiger partial charge on any atom is -0.496 e. The summed E-state index contributed by atoms with van der Waals surface area (Å²) in [7, 11) is 1.64. The molecule has 0 bridgehead atoms. The third kappa shape index (κ3) is 3.36. The molecule has 3 heteroatoms. The molecule has 0 fully saturated rings. The molecule has 0 saturated carbocycles. The Balaban J connectivity index is 2.12. The first kappa shape index (κ1) is 14.5. The molecular formula is C17H21NO2. The van der Waals surface area contributed by atoms with E-state index in [9.17, 15) is 5.11 Å². The number of aromatic nitrogens is 1. The third-order valence-electron chi connectivity index (χ3n) is 3.51. The Hall–Kier alpha value is -1.87. The molecule has 0 spiro atoms. The van der Waals surface area contributed by atoms with Gasteiger partial charge in [-0.25, -0.2) is 0 Å². The highest BCUT2D eigenvalue weighted by atomic mass is 16.5. The monoisotopic (exact) mass is 271 g/mol. The molecule has 0 aliphatic rings. The van der Waals surface area contributed by atoms with E-state index in [1.165, 1.54) is 5.56 Å². The lowest BCUT2D eigenvalue weighted by atomic mass is 10.0. The number of benzene rings is 1. The molecule has 1 heterocycles. The van der Waals surface area contributed by atoms with Crippen molar-refractivity contribution in [2.75, 3.05) is 7.11 Å². The summed E-state index contributed by atoms with van der Waals surface area (Å²) in [5, 5.41) is 10.3. The fourth-order valence-electron chi connectivity index (χ4n) is 2.14. The van der Waals surface area contributed by atoms with E-state index in [0.29, 0.717) is 6.42 Å². The molecule has 20 heavy (non-hydrogen) atoms. The van der Waals surface area contributed by atoms with Crippen LogP contribution in [0.1, 0.15) is 35.4 Å². The quantitative estimate of drug-likeness (QED) is 0.907. The van der Waals surface area contributed by atoms with Crippen LogP contribution < -0.4 is 4.74 Å². The van der Waals surface area contributed by atoms with Crippen molar-refractivity contribution in [3.63, 3.8) is 0 Å². The standard InChI is InChI=1S/C17H21NO2/c1-4-13-6-8-15(18-11-13)10-16(19)14-7-5-12(2)17(9-14)20-3/h5-9,11,16,19H,4,10H2,1-3H3. The van der Waals surface area contributed by atoms with Crippen LogP contribution >= 0.6 is 0 Å². The SMILES string of the molecule is CCc1ccc(CC(O)c2ccc(C)c(OC)c2)nc1. The zero-order chi connectivity index (χ0) is 14.5. The van der Waals surface area contributed by atoms with Crippen molar-refractivity contribution in [1.82, 2.24) is 4.98 Å². The number of rotatable bonds is 5.